The van der Waals surface area contributed by atoms with E-state index in [1.54, 1.807) is 0 Å². The lowest BCUT2D eigenvalue weighted by Gasteiger charge is -2.15. The van der Waals surface area contributed by atoms with E-state index >= 15 is 0 Å². The molecule has 0 amide bonds. The summed E-state index contributed by atoms with van der Waals surface area (Å²) in [5.74, 6) is 0. The fraction of sp³-hybridized carbons (Fsp3) is 0.125. The summed E-state index contributed by atoms with van der Waals surface area (Å²) in [5, 5.41) is 3.41. The third-order valence-corrected chi connectivity index (χ3v) is 4.51. The number of para-hydroxylation sites is 1. The third-order valence-electron chi connectivity index (χ3n) is 3.09. The minimum atomic E-state index is -0.122. The first kappa shape index (κ1) is 12.2. The van der Waals surface area contributed by atoms with Crippen LogP contribution < -0.4 is 5.32 Å². The zero-order valence-corrected chi connectivity index (χ0v) is 11.7. The Morgan fingerprint density at radius 2 is 1.89 bits per heavy atom. The SMILES string of the molecule is CS(=Nc1cccc2c1NCC=C2)c1ccccc1. The molecule has 0 saturated heterocycles. The van der Waals surface area contributed by atoms with Crippen LogP contribution in [-0.4, -0.2) is 12.8 Å². The largest absolute Gasteiger partial charge is 0.379 e. The van der Waals surface area contributed by atoms with E-state index in [2.05, 4.69) is 66.2 Å². The van der Waals surface area contributed by atoms with Gasteiger partial charge in [-0.25, -0.2) is 4.36 Å². The standard InChI is InChI=1S/C16H16N2S/c1-19(14-9-3-2-4-10-14)18-15-11-5-7-13-8-6-12-17-16(13)15/h2-11,17H,12H2,1H3. The fourth-order valence-corrected chi connectivity index (χ4v) is 3.23. The summed E-state index contributed by atoms with van der Waals surface area (Å²) < 4.78 is 4.87. The van der Waals surface area contributed by atoms with Gasteiger partial charge in [-0.15, -0.1) is 0 Å². The van der Waals surface area contributed by atoms with Gasteiger partial charge in [0.05, 0.1) is 11.4 Å². The molecule has 1 aliphatic rings. The van der Waals surface area contributed by atoms with Crippen molar-refractivity contribution in [1.82, 2.24) is 0 Å². The van der Waals surface area contributed by atoms with E-state index in [-0.39, 0.29) is 10.7 Å². The van der Waals surface area contributed by atoms with Crippen molar-refractivity contribution < 1.29 is 0 Å². The Morgan fingerprint density at radius 3 is 2.74 bits per heavy atom. The molecule has 0 saturated carbocycles. The quantitative estimate of drug-likeness (QED) is 0.865. The van der Waals surface area contributed by atoms with Gasteiger partial charge in [0.2, 0.25) is 0 Å². The molecule has 2 nitrogen and oxygen atoms in total. The molecule has 0 aliphatic carbocycles. The Bertz CT molecular complexity index is 645. The van der Waals surface area contributed by atoms with E-state index in [1.165, 1.54) is 10.5 Å². The molecule has 1 unspecified atom stereocenters. The lowest BCUT2D eigenvalue weighted by molar-refractivity contribution is 1.30. The zero-order valence-electron chi connectivity index (χ0n) is 10.8. The number of fused-ring (bicyclic) bond motifs is 1. The van der Waals surface area contributed by atoms with Crippen molar-refractivity contribution >= 4 is 28.1 Å². The number of hydrogen-bond acceptors (Lipinski definition) is 2. The van der Waals surface area contributed by atoms with Gasteiger partial charge in [-0.2, -0.15) is 0 Å². The lowest BCUT2D eigenvalue weighted by atomic mass is 10.1. The summed E-state index contributed by atoms with van der Waals surface area (Å²) in [6.45, 7) is 0.877. The summed E-state index contributed by atoms with van der Waals surface area (Å²) >= 11 is 0. The van der Waals surface area contributed by atoms with Crippen molar-refractivity contribution in [3.05, 3.63) is 60.2 Å². The van der Waals surface area contributed by atoms with E-state index in [0.29, 0.717) is 0 Å². The second-order valence-corrected chi connectivity index (χ2v) is 6.02. The maximum Gasteiger partial charge on any atom is 0.0944 e. The first-order chi connectivity index (χ1) is 9.34. The Labute approximate surface area is 116 Å². The molecule has 0 bridgehead atoms. The van der Waals surface area contributed by atoms with E-state index in [1.807, 2.05) is 6.07 Å². The van der Waals surface area contributed by atoms with Crippen LogP contribution >= 0.6 is 0 Å². The fourth-order valence-electron chi connectivity index (χ4n) is 2.13. The molecule has 1 aliphatic heterocycles. The highest BCUT2D eigenvalue weighted by Gasteiger charge is 2.08. The number of nitrogens with one attached hydrogen (secondary N) is 1. The molecule has 3 rings (SSSR count). The van der Waals surface area contributed by atoms with Gasteiger partial charge in [-0.1, -0.05) is 53.2 Å². The average Bonchev–Trinajstić information content (AvgIpc) is 2.48. The van der Waals surface area contributed by atoms with Crippen LogP contribution in [0.2, 0.25) is 0 Å². The molecule has 0 fully saturated rings. The van der Waals surface area contributed by atoms with Gasteiger partial charge in [0.15, 0.2) is 0 Å². The molecule has 0 aromatic heterocycles. The predicted octanol–water partition coefficient (Wildman–Crippen LogP) is 4.25. The van der Waals surface area contributed by atoms with Crippen molar-refractivity contribution in [3.8, 4) is 0 Å². The van der Waals surface area contributed by atoms with Gasteiger partial charge in [0.1, 0.15) is 0 Å². The number of rotatable bonds is 2. The highest BCUT2D eigenvalue weighted by atomic mass is 32.2. The average molecular weight is 268 g/mol. The maximum absolute atomic E-state index is 4.87. The molecule has 19 heavy (non-hydrogen) atoms. The smallest absolute Gasteiger partial charge is 0.0944 e. The minimum absolute atomic E-state index is 0.122. The number of hydrogen-bond donors (Lipinski definition) is 1. The number of anilines is 1. The van der Waals surface area contributed by atoms with E-state index in [9.17, 15) is 0 Å². The van der Waals surface area contributed by atoms with Crippen LogP contribution in [0.1, 0.15) is 5.56 Å². The van der Waals surface area contributed by atoms with Gasteiger partial charge in [0, 0.05) is 11.4 Å². The summed E-state index contributed by atoms with van der Waals surface area (Å²) in [4.78, 5) is 1.27. The summed E-state index contributed by atoms with van der Waals surface area (Å²) in [6.07, 6.45) is 6.45. The van der Waals surface area contributed by atoms with Crippen molar-refractivity contribution in [1.29, 1.82) is 0 Å². The van der Waals surface area contributed by atoms with Crippen LogP contribution in [0.3, 0.4) is 0 Å². The maximum atomic E-state index is 4.87. The van der Waals surface area contributed by atoms with Crippen molar-refractivity contribution in [2.45, 2.75) is 4.90 Å². The Balaban J connectivity index is 2.02. The topological polar surface area (TPSA) is 24.4 Å². The molecule has 1 atom stereocenters. The zero-order chi connectivity index (χ0) is 13.1. The Morgan fingerprint density at radius 1 is 1.05 bits per heavy atom. The van der Waals surface area contributed by atoms with Gasteiger partial charge < -0.3 is 5.32 Å². The second kappa shape index (κ2) is 5.41. The van der Waals surface area contributed by atoms with Gasteiger partial charge in [-0.05, 0) is 30.0 Å². The molecule has 0 radical (unpaired) electrons. The normalized spacial score (nSPS) is 14.8. The second-order valence-electron chi connectivity index (χ2n) is 4.41. The van der Waals surface area contributed by atoms with Crippen molar-refractivity contribution in [2.75, 3.05) is 18.1 Å². The molecule has 0 spiro atoms. The molecule has 2 aromatic rings. The highest BCUT2D eigenvalue weighted by molar-refractivity contribution is 7.86. The number of benzene rings is 2. The molecule has 1 N–H and O–H groups in total. The summed E-state index contributed by atoms with van der Waals surface area (Å²) in [5.41, 5.74) is 3.43. The first-order valence-electron chi connectivity index (χ1n) is 6.31. The van der Waals surface area contributed by atoms with Crippen molar-refractivity contribution in [2.24, 2.45) is 4.36 Å². The molecule has 3 heteroatoms. The van der Waals surface area contributed by atoms with E-state index in [4.69, 9.17) is 4.36 Å². The lowest BCUT2D eigenvalue weighted by Crippen LogP contribution is -2.04. The molecule has 96 valence electrons. The van der Waals surface area contributed by atoms with Crippen LogP contribution in [0.25, 0.3) is 6.08 Å². The Kier molecular flexibility index (Phi) is 3.47. The van der Waals surface area contributed by atoms with Crippen LogP contribution in [-0.2, 0) is 10.7 Å². The summed E-state index contributed by atoms with van der Waals surface area (Å²) in [6, 6.07) is 16.7. The van der Waals surface area contributed by atoms with Crippen molar-refractivity contribution in [3.63, 3.8) is 0 Å². The monoisotopic (exact) mass is 268 g/mol. The molecule has 2 aromatic carbocycles. The van der Waals surface area contributed by atoms with Crippen LogP contribution in [0, 0.1) is 0 Å². The van der Waals surface area contributed by atoms with Crippen LogP contribution in [0.5, 0.6) is 0 Å². The van der Waals surface area contributed by atoms with Gasteiger partial charge in [-0.3, -0.25) is 0 Å². The predicted molar refractivity (Wildman–Crippen MR) is 84.1 cm³/mol. The van der Waals surface area contributed by atoms with Crippen LogP contribution in [0.15, 0.2) is 63.9 Å². The third kappa shape index (κ3) is 2.61. The summed E-state index contributed by atoms with van der Waals surface area (Å²) in [7, 11) is -0.122. The van der Waals surface area contributed by atoms with E-state index in [0.717, 1.165) is 17.9 Å². The first-order valence-corrected chi connectivity index (χ1v) is 7.90. The molecule has 1 heterocycles. The van der Waals surface area contributed by atoms with Gasteiger partial charge in [0.25, 0.3) is 0 Å². The minimum Gasteiger partial charge on any atom is -0.379 e. The Hall–Kier alpha value is -1.87. The van der Waals surface area contributed by atoms with E-state index < -0.39 is 0 Å². The highest BCUT2D eigenvalue weighted by Crippen LogP contribution is 2.32. The molecular formula is C16H16N2S. The number of nitrogens with zero attached hydrogens (tertiary/aromatic N) is 1. The van der Waals surface area contributed by atoms with Gasteiger partial charge >= 0.3 is 0 Å². The molecular weight excluding hydrogens is 252 g/mol. The van der Waals surface area contributed by atoms with Crippen LogP contribution in [0.4, 0.5) is 11.4 Å².